The van der Waals surface area contributed by atoms with E-state index in [2.05, 4.69) is 32.9 Å². The summed E-state index contributed by atoms with van der Waals surface area (Å²) in [4.78, 5) is 17.1. The second-order valence-electron chi connectivity index (χ2n) is 8.99. The summed E-state index contributed by atoms with van der Waals surface area (Å²) in [6.07, 6.45) is 3.54. The smallest absolute Gasteiger partial charge is 0.0991 e. The number of pyridine rings is 1. The Kier molecular flexibility index (Phi) is 4.91. The maximum absolute atomic E-state index is 12.2. The van der Waals surface area contributed by atoms with E-state index in [-0.39, 0.29) is 16.9 Å². The highest BCUT2D eigenvalue weighted by Crippen LogP contribution is 2.44. The summed E-state index contributed by atoms with van der Waals surface area (Å²) in [6, 6.07) is 16.9. The van der Waals surface area contributed by atoms with Crippen molar-refractivity contribution in [1.29, 1.82) is 5.26 Å². The normalized spacial score (nSPS) is 17.5. The van der Waals surface area contributed by atoms with Crippen LogP contribution in [0.3, 0.4) is 0 Å². The molecule has 2 aromatic carbocycles. The van der Waals surface area contributed by atoms with Crippen molar-refractivity contribution in [1.82, 2.24) is 4.98 Å². The Bertz CT molecular complexity index is 1210. The fraction of sp³-hybridized carbons (Fsp3) is 0.269. The highest BCUT2D eigenvalue weighted by Gasteiger charge is 2.34. The van der Waals surface area contributed by atoms with Crippen LogP contribution < -0.4 is 5.11 Å². The number of aromatic nitrogens is 1. The number of para-hydroxylation sites is 1. The molecule has 1 atom stereocenters. The van der Waals surface area contributed by atoms with Gasteiger partial charge in [-0.25, -0.2) is 4.98 Å². The van der Waals surface area contributed by atoms with Gasteiger partial charge in [-0.15, -0.1) is 0 Å². The molecule has 0 bridgehead atoms. The van der Waals surface area contributed by atoms with Crippen molar-refractivity contribution in [2.45, 2.75) is 33.6 Å². The Hall–Kier alpha value is -3.45. The number of carbonyl (C=O) groups is 1. The molecular formula is C26H23N2O2-. The molecule has 4 heteroatoms. The minimum Gasteiger partial charge on any atom is -0.545 e. The first-order valence-electron chi connectivity index (χ1n) is 10.1. The molecule has 0 saturated heterocycles. The van der Waals surface area contributed by atoms with Crippen LogP contribution in [0.4, 0.5) is 0 Å². The van der Waals surface area contributed by atoms with Gasteiger partial charge in [0.1, 0.15) is 0 Å². The van der Waals surface area contributed by atoms with Crippen molar-refractivity contribution in [2.24, 2.45) is 11.3 Å². The molecule has 0 spiro atoms. The summed E-state index contributed by atoms with van der Waals surface area (Å²) in [7, 11) is 0. The molecule has 0 saturated carbocycles. The molecular weight excluding hydrogens is 372 g/mol. The van der Waals surface area contributed by atoms with Crippen LogP contribution in [0, 0.1) is 22.7 Å². The number of benzene rings is 2. The molecule has 30 heavy (non-hydrogen) atoms. The van der Waals surface area contributed by atoms with Gasteiger partial charge in [-0.1, -0.05) is 51.1 Å². The maximum Gasteiger partial charge on any atom is 0.0991 e. The lowest BCUT2D eigenvalue weighted by molar-refractivity contribution is -0.254. The molecule has 1 heterocycles. The molecule has 0 radical (unpaired) electrons. The number of hydrogen-bond donors (Lipinski definition) is 0. The SMILES string of the molecule is CC(C)(C)[C@H]1C/C(=C\c2ccc(C#N)cc2)c2nc3ccccc3c(C(=O)[O-])c2C1. The molecule has 0 fully saturated rings. The number of nitrogens with zero attached hydrogens (tertiary/aromatic N) is 2. The van der Waals surface area contributed by atoms with Crippen LogP contribution in [0.15, 0.2) is 48.5 Å². The van der Waals surface area contributed by atoms with Crippen molar-refractivity contribution in [2.75, 3.05) is 0 Å². The van der Waals surface area contributed by atoms with Gasteiger partial charge in [-0.2, -0.15) is 5.26 Å². The Balaban J connectivity index is 1.97. The molecule has 0 amide bonds. The molecule has 0 unspecified atom stereocenters. The molecule has 4 nitrogen and oxygen atoms in total. The summed E-state index contributed by atoms with van der Waals surface area (Å²) in [6.45, 7) is 6.57. The largest absolute Gasteiger partial charge is 0.545 e. The van der Waals surface area contributed by atoms with Crippen LogP contribution in [-0.4, -0.2) is 11.0 Å². The van der Waals surface area contributed by atoms with Gasteiger partial charge in [0.05, 0.1) is 28.8 Å². The summed E-state index contributed by atoms with van der Waals surface area (Å²) < 4.78 is 0. The quantitative estimate of drug-likeness (QED) is 0.634. The average Bonchev–Trinajstić information content (AvgIpc) is 2.71. The first-order chi connectivity index (χ1) is 14.3. The van der Waals surface area contributed by atoms with Crippen LogP contribution in [0.25, 0.3) is 22.6 Å². The van der Waals surface area contributed by atoms with Gasteiger partial charge in [-0.05, 0) is 65.1 Å². The number of aromatic carboxylic acids is 1. The van der Waals surface area contributed by atoms with E-state index in [1.54, 1.807) is 18.2 Å². The van der Waals surface area contributed by atoms with Gasteiger partial charge in [-0.3, -0.25) is 0 Å². The van der Waals surface area contributed by atoms with Crippen molar-refractivity contribution in [3.05, 3.63) is 76.5 Å². The van der Waals surface area contributed by atoms with E-state index >= 15 is 0 Å². The lowest BCUT2D eigenvalue weighted by Gasteiger charge is -2.37. The lowest BCUT2D eigenvalue weighted by atomic mass is 9.69. The maximum atomic E-state index is 12.2. The summed E-state index contributed by atoms with van der Waals surface area (Å²) in [5, 5.41) is 21.9. The van der Waals surface area contributed by atoms with Gasteiger partial charge >= 0.3 is 0 Å². The fourth-order valence-corrected chi connectivity index (χ4v) is 4.22. The summed E-state index contributed by atoms with van der Waals surface area (Å²) in [5.74, 6) is -0.882. The predicted molar refractivity (Wildman–Crippen MR) is 116 cm³/mol. The van der Waals surface area contributed by atoms with Gasteiger partial charge in [0.15, 0.2) is 0 Å². The minimum atomic E-state index is -1.16. The molecule has 1 aliphatic rings. The lowest BCUT2D eigenvalue weighted by Crippen LogP contribution is -2.31. The van der Waals surface area contributed by atoms with E-state index in [0.717, 1.165) is 28.8 Å². The van der Waals surface area contributed by atoms with Gasteiger partial charge in [0.2, 0.25) is 0 Å². The molecule has 0 aliphatic heterocycles. The number of carboxylic acid groups (broad SMARTS) is 1. The van der Waals surface area contributed by atoms with E-state index in [9.17, 15) is 9.90 Å². The van der Waals surface area contributed by atoms with Crippen molar-refractivity contribution in [3.8, 4) is 6.07 Å². The van der Waals surface area contributed by atoms with Crippen molar-refractivity contribution >= 4 is 28.5 Å². The van der Waals surface area contributed by atoms with Crippen LogP contribution in [0.1, 0.15) is 59.9 Å². The third-order valence-corrected chi connectivity index (χ3v) is 6.02. The average molecular weight is 395 g/mol. The standard InChI is InChI=1S/C26H24N2O2/c1-26(2,3)19-13-18(12-16-8-10-17(15-27)11-9-16)24-21(14-19)23(25(29)30)20-6-4-5-7-22(20)28-24/h4-12,19H,13-14H2,1-3H3,(H,29,30)/p-1/b18-12+/t19-/m0/s1. The number of allylic oxidation sites excluding steroid dienone is 1. The zero-order chi connectivity index (χ0) is 21.5. The van der Waals surface area contributed by atoms with Gasteiger partial charge < -0.3 is 9.90 Å². The Labute approximate surface area is 176 Å². The number of fused-ring (bicyclic) bond motifs is 2. The first kappa shape index (κ1) is 19.8. The number of nitriles is 1. The Morgan fingerprint density at radius 3 is 2.47 bits per heavy atom. The Morgan fingerprint density at radius 1 is 1.13 bits per heavy atom. The molecule has 1 aromatic heterocycles. The van der Waals surface area contributed by atoms with E-state index in [1.807, 2.05) is 30.3 Å². The zero-order valence-electron chi connectivity index (χ0n) is 17.4. The van der Waals surface area contributed by atoms with Crippen LogP contribution in [0.5, 0.6) is 0 Å². The second kappa shape index (κ2) is 7.42. The fourth-order valence-electron chi connectivity index (χ4n) is 4.22. The van der Waals surface area contributed by atoms with Crippen LogP contribution in [-0.2, 0) is 6.42 Å². The van der Waals surface area contributed by atoms with Crippen LogP contribution >= 0.6 is 0 Å². The first-order valence-corrected chi connectivity index (χ1v) is 10.1. The Morgan fingerprint density at radius 2 is 1.83 bits per heavy atom. The summed E-state index contributed by atoms with van der Waals surface area (Å²) in [5.41, 5.74) is 5.04. The van der Waals surface area contributed by atoms with Crippen molar-refractivity contribution in [3.63, 3.8) is 0 Å². The third kappa shape index (κ3) is 3.59. The highest BCUT2D eigenvalue weighted by molar-refractivity contribution is 6.05. The molecule has 150 valence electrons. The monoisotopic (exact) mass is 395 g/mol. The van der Waals surface area contributed by atoms with E-state index in [4.69, 9.17) is 10.2 Å². The number of carboxylic acids is 1. The number of hydrogen-bond acceptors (Lipinski definition) is 4. The van der Waals surface area contributed by atoms with Crippen molar-refractivity contribution < 1.29 is 9.90 Å². The van der Waals surface area contributed by atoms with E-state index in [0.29, 0.717) is 22.9 Å². The second-order valence-corrected chi connectivity index (χ2v) is 8.99. The highest BCUT2D eigenvalue weighted by atomic mass is 16.4. The number of carbonyl (C=O) groups excluding carboxylic acids is 1. The van der Waals surface area contributed by atoms with E-state index in [1.165, 1.54) is 0 Å². The van der Waals surface area contributed by atoms with E-state index < -0.39 is 5.97 Å². The topological polar surface area (TPSA) is 76.8 Å². The zero-order valence-corrected chi connectivity index (χ0v) is 17.4. The molecule has 4 rings (SSSR count). The molecule has 1 aliphatic carbocycles. The minimum absolute atomic E-state index is 0.0102. The van der Waals surface area contributed by atoms with Gasteiger partial charge in [0, 0.05) is 10.9 Å². The predicted octanol–water partition coefficient (Wildman–Crippen LogP) is 4.62. The van der Waals surface area contributed by atoms with Gasteiger partial charge in [0.25, 0.3) is 0 Å². The molecule has 3 aromatic rings. The molecule has 0 N–H and O–H groups in total. The third-order valence-electron chi connectivity index (χ3n) is 6.02. The van der Waals surface area contributed by atoms with Crippen LogP contribution in [0.2, 0.25) is 0 Å². The summed E-state index contributed by atoms with van der Waals surface area (Å²) >= 11 is 0. The number of rotatable bonds is 2.